The molecule has 0 spiro atoms. The summed E-state index contributed by atoms with van der Waals surface area (Å²) in [5, 5.41) is 1.70. The van der Waals surface area contributed by atoms with Crippen LogP contribution in [0.25, 0.3) is 0 Å². The Labute approximate surface area is 177 Å². The van der Waals surface area contributed by atoms with Crippen LogP contribution in [0.2, 0.25) is 0 Å². The zero-order chi connectivity index (χ0) is 22.2. The number of benzene rings is 2. The molecule has 1 amide bonds. The lowest BCUT2D eigenvalue weighted by atomic mass is 10.00. The largest absolute Gasteiger partial charge is 0.493 e. The zero-order valence-electron chi connectivity index (χ0n) is 17.0. The van der Waals surface area contributed by atoms with Gasteiger partial charge in [-0.2, -0.15) is 13.2 Å². The Morgan fingerprint density at radius 2 is 1.81 bits per heavy atom. The Morgan fingerprint density at radius 3 is 2.52 bits per heavy atom. The lowest BCUT2D eigenvalue weighted by Crippen LogP contribution is -2.47. The molecule has 2 aliphatic rings. The maximum Gasteiger partial charge on any atom is 0.416 e. The van der Waals surface area contributed by atoms with Gasteiger partial charge in [-0.3, -0.25) is 4.79 Å². The number of nitrogens with one attached hydrogen (secondary N) is 1. The summed E-state index contributed by atoms with van der Waals surface area (Å²) in [5.41, 5.74) is 3.52. The minimum absolute atomic E-state index is 0.0591. The molecule has 2 atom stereocenters. The molecule has 31 heavy (non-hydrogen) atoms. The van der Waals surface area contributed by atoms with Crippen molar-refractivity contribution in [2.45, 2.75) is 31.2 Å². The van der Waals surface area contributed by atoms with Gasteiger partial charge in [0.1, 0.15) is 6.04 Å². The zero-order valence-corrected chi connectivity index (χ0v) is 17.0. The molecule has 0 bridgehead atoms. The summed E-state index contributed by atoms with van der Waals surface area (Å²) in [6, 6.07) is 10.2. The van der Waals surface area contributed by atoms with E-state index in [4.69, 9.17) is 9.47 Å². The fourth-order valence-corrected chi connectivity index (χ4v) is 3.97. The average Bonchev–Trinajstić information content (AvgIpc) is 3.20. The van der Waals surface area contributed by atoms with Crippen molar-refractivity contribution in [2.75, 3.05) is 14.2 Å². The second-order valence-corrected chi connectivity index (χ2v) is 7.37. The highest BCUT2D eigenvalue weighted by Crippen LogP contribution is 2.37. The highest BCUT2D eigenvalue weighted by molar-refractivity contribution is 5.84. The van der Waals surface area contributed by atoms with Crippen molar-refractivity contribution in [3.63, 3.8) is 0 Å². The van der Waals surface area contributed by atoms with Crippen molar-refractivity contribution in [3.05, 3.63) is 71.6 Å². The first-order chi connectivity index (χ1) is 14.8. The van der Waals surface area contributed by atoms with Crippen molar-refractivity contribution >= 4 is 5.91 Å². The molecule has 1 fully saturated rings. The number of nitrogens with zero attached hydrogens (tertiary/aromatic N) is 2. The third-order valence-corrected chi connectivity index (χ3v) is 5.55. The summed E-state index contributed by atoms with van der Waals surface area (Å²) in [6.45, 7) is -0.142. The summed E-state index contributed by atoms with van der Waals surface area (Å²) < 4.78 is 50.5. The van der Waals surface area contributed by atoms with E-state index in [0.717, 1.165) is 11.6 Å². The van der Waals surface area contributed by atoms with Crippen LogP contribution in [0.1, 0.15) is 29.2 Å². The standard InChI is InChI=1S/C22H22F3N3O3/c1-30-19-8-7-14(11-20(19)31-2)17-12-18-21(29)27(9-10-28(18)26-17)13-15-5-3-4-6-16(15)22(23,24)25/h3-11,17-18,26H,12-13H2,1-2H3. The third kappa shape index (κ3) is 4.05. The predicted molar refractivity (Wildman–Crippen MR) is 107 cm³/mol. The van der Waals surface area contributed by atoms with Crippen LogP contribution in [0.3, 0.4) is 0 Å². The van der Waals surface area contributed by atoms with Gasteiger partial charge in [-0.15, -0.1) is 0 Å². The maximum atomic E-state index is 13.3. The van der Waals surface area contributed by atoms with Gasteiger partial charge >= 0.3 is 6.18 Å². The summed E-state index contributed by atoms with van der Waals surface area (Å²) in [4.78, 5) is 14.4. The molecule has 0 radical (unpaired) electrons. The molecule has 1 saturated heterocycles. The first-order valence-electron chi connectivity index (χ1n) is 9.72. The summed E-state index contributed by atoms with van der Waals surface area (Å²) in [7, 11) is 3.11. The fraction of sp³-hybridized carbons (Fsp3) is 0.318. The lowest BCUT2D eigenvalue weighted by Gasteiger charge is -2.32. The van der Waals surface area contributed by atoms with E-state index in [1.54, 1.807) is 37.6 Å². The number of halogens is 3. The van der Waals surface area contributed by atoms with Gasteiger partial charge in [0.05, 0.1) is 32.4 Å². The van der Waals surface area contributed by atoms with E-state index in [1.807, 2.05) is 12.1 Å². The van der Waals surface area contributed by atoms with Crippen LogP contribution in [0, 0.1) is 0 Å². The first kappa shape index (κ1) is 21.0. The third-order valence-electron chi connectivity index (χ3n) is 5.55. The summed E-state index contributed by atoms with van der Waals surface area (Å²) in [5.74, 6) is 0.932. The number of hydrogen-bond donors (Lipinski definition) is 1. The van der Waals surface area contributed by atoms with Crippen molar-refractivity contribution in [3.8, 4) is 11.5 Å². The topological polar surface area (TPSA) is 54.0 Å². The van der Waals surface area contributed by atoms with Crippen LogP contribution >= 0.6 is 0 Å². The number of carbonyl (C=O) groups excluding carboxylic acids is 1. The van der Waals surface area contributed by atoms with Crippen LogP contribution in [-0.4, -0.2) is 36.1 Å². The average molecular weight is 433 g/mol. The van der Waals surface area contributed by atoms with E-state index < -0.39 is 17.8 Å². The molecule has 0 aromatic heterocycles. The maximum absolute atomic E-state index is 13.3. The van der Waals surface area contributed by atoms with Crippen LogP contribution in [0.15, 0.2) is 54.9 Å². The Hall–Kier alpha value is -3.20. The number of amides is 1. The van der Waals surface area contributed by atoms with E-state index in [9.17, 15) is 18.0 Å². The molecule has 2 unspecified atom stereocenters. The van der Waals surface area contributed by atoms with E-state index in [0.29, 0.717) is 17.9 Å². The molecule has 2 heterocycles. The molecule has 4 rings (SSSR count). The fourth-order valence-electron chi connectivity index (χ4n) is 3.97. The number of carbonyl (C=O) groups is 1. The number of ether oxygens (including phenoxy) is 2. The van der Waals surface area contributed by atoms with E-state index in [2.05, 4.69) is 5.43 Å². The van der Waals surface area contributed by atoms with Gasteiger partial charge < -0.3 is 19.4 Å². The highest BCUT2D eigenvalue weighted by Gasteiger charge is 2.41. The Kier molecular flexibility index (Phi) is 5.53. The number of methoxy groups -OCH3 is 2. The van der Waals surface area contributed by atoms with Gasteiger partial charge in [0.2, 0.25) is 0 Å². The number of hydrazine groups is 1. The van der Waals surface area contributed by atoms with E-state index >= 15 is 0 Å². The monoisotopic (exact) mass is 433 g/mol. The van der Waals surface area contributed by atoms with Gasteiger partial charge in [-0.1, -0.05) is 24.3 Å². The van der Waals surface area contributed by atoms with E-state index in [-0.39, 0.29) is 24.1 Å². The highest BCUT2D eigenvalue weighted by atomic mass is 19.4. The molecular formula is C22H22F3N3O3. The Bertz CT molecular complexity index is 1010. The Morgan fingerprint density at radius 1 is 1.06 bits per heavy atom. The van der Waals surface area contributed by atoms with Crippen molar-refractivity contribution in [2.24, 2.45) is 0 Å². The number of alkyl halides is 3. The van der Waals surface area contributed by atoms with Crippen molar-refractivity contribution in [1.29, 1.82) is 0 Å². The molecule has 6 nitrogen and oxygen atoms in total. The molecule has 164 valence electrons. The molecule has 9 heteroatoms. The minimum atomic E-state index is -4.47. The van der Waals surface area contributed by atoms with Crippen LogP contribution in [0.4, 0.5) is 13.2 Å². The van der Waals surface area contributed by atoms with Gasteiger partial charge in [0.25, 0.3) is 5.91 Å². The molecule has 2 aromatic rings. The van der Waals surface area contributed by atoms with Gasteiger partial charge in [-0.25, -0.2) is 5.43 Å². The van der Waals surface area contributed by atoms with Gasteiger partial charge in [0, 0.05) is 12.4 Å². The van der Waals surface area contributed by atoms with Gasteiger partial charge in [-0.05, 0) is 35.7 Å². The molecule has 2 aromatic carbocycles. The second kappa shape index (κ2) is 8.14. The molecule has 0 saturated carbocycles. The SMILES string of the molecule is COc1ccc(C2CC3C(=O)N(Cc4ccccc4C(F)(F)F)C=CN3N2)cc1OC. The number of hydrogen-bond acceptors (Lipinski definition) is 5. The molecule has 1 N–H and O–H groups in total. The minimum Gasteiger partial charge on any atom is -0.493 e. The Balaban J connectivity index is 1.52. The normalized spacial score (nSPS) is 20.7. The van der Waals surface area contributed by atoms with Crippen LogP contribution in [-0.2, 0) is 17.5 Å². The number of fused-ring (bicyclic) bond motifs is 1. The number of rotatable bonds is 5. The smallest absolute Gasteiger partial charge is 0.416 e. The van der Waals surface area contributed by atoms with Crippen LogP contribution in [0.5, 0.6) is 11.5 Å². The quantitative estimate of drug-likeness (QED) is 0.776. The van der Waals surface area contributed by atoms with Gasteiger partial charge in [0.15, 0.2) is 11.5 Å². The molecule has 2 aliphatic heterocycles. The first-order valence-corrected chi connectivity index (χ1v) is 9.72. The summed E-state index contributed by atoms with van der Waals surface area (Å²) >= 11 is 0. The predicted octanol–water partition coefficient (Wildman–Crippen LogP) is 3.86. The van der Waals surface area contributed by atoms with Crippen LogP contribution < -0.4 is 14.9 Å². The lowest BCUT2D eigenvalue weighted by molar-refractivity contribution is -0.140. The molecule has 0 aliphatic carbocycles. The van der Waals surface area contributed by atoms with E-state index in [1.165, 1.54) is 23.2 Å². The molecular weight excluding hydrogens is 411 g/mol. The van der Waals surface area contributed by atoms with Crippen molar-refractivity contribution < 1.29 is 27.4 Å². The summed E-state index contributed by atoms with van der Waals surface area (Å²) in [6.07, 6.45) is -0.812. The second-order valence-electron chi connectivity index (χ2n) is 7.37. The van der Waals surface area contributed by atoms with Crippen molar-refractivity contribution in [1.82, 2.24) is 15.3 Å².